The van der Waals surface area contributed by atoms with Crippen molar-refractivity contribution >= 4 is 38.6 Å². The predicted molar refractivity (Wildman–Crippen MR) is 59.0 cm³/mol. The molecule has 2 rings (SSSR count). The van der Waals surface area contributed by atoms with Crippen molar-refractivity contribution in [1.29, 1.82) is 0 Å². The zero-order valence-electron chi connectivity index (χ0n) is 6.99. The highest BCUT2D eigenvalue weighted by Crippen LogP contribution is 2.29. The van der Waals surface area contributed by atoms with Gasteiger partial charge in [-0.15, -0.1) is 11.8 Å². The minimum Gasteiger partial charge on any atom is -0.244 e. The molecule has 0 N–H and O–H groups in total. The molecule has 66 valence electrons. The number of hydrogen-bond acceptors (Lipinski definition) is 3. The summed E-state index contributed by atoms with van der Waals surface area (Å²) in [7, 11) is 0. The van der Waals surface area contributed by atoms with E-state index in [2.05, 4.69) is 38.2 Å². The molecule has 1 aromatic carbocycles. The summed E-state index contributed by atoms with van der Waals surface area (Å²) in [6, 6.07) is 4.10. The molecule has 0 aliphatic heterocycles. The molecule has 0 saturated heterocycles. The van der Waals surface area contributed by atoms with E-state index >= 15 is 0 Å². The molecular formula is C9H7BrN2S. The van der Waals surface area contributed by atoms with Gasteiger partial charge in [0.05, 0.1) is 5.52 Å². The normalized spacial score (nSPS) is 10.6. The number of nitrogens with zero attached hydrogens (tertiary/aromatic N) is 2. The van der Waals surface area contributed by atoms with Crippen LogP contribution in [0.1, 0.15) is 0 Å². The van der Waals surface area contributed by atoms with Gasteiger partial charge in [0.15, 0.2) is 0 Å². The molecule has 0 radical (unpaired) electrons. The SMILES string of the molecule is CSc1cc2cncnc2cc1Br. The maximum atomic E-state index is 4.17. The third-order valence-electron chi connectivity index (χ3n) is 1.78. The quantitative estimate of drug-likeness (QED) is 0.732. The molecule has 0 aliphatic carbocycles. The van der Waals surface area contributed by atoms with E-state index in [1.54, 1.807) is 18.1 Å². The summed E-state index contributed by atoms with van der Waals surface area (Å²) in [5.74, 6) is 0. The van der Waals surface area contributed by atoms with E-state index in [0.717, 1.165) is 15.4 Å². The van der Waals surface area contributed by atoms with Crippen LogP contribution in [0.25, 0.3) is 10.9 Å². The first-order valence-electron chi connectivity index (χ1n) is 3.74. The van der Waals surface area contributed by atoms with Crippen LogP contribution in [-0.4, -0.2) is 16.2 Å². The number of rotatable bonds is 1. The Morgan fingerprint density at radius 1 is 1.38 bits per heavy atom. The van der Waals surface area contributed by atoms with Gasteiger partial charge in [-0.2, -0.15) is 0 Å². The van der Waals surface area contributed by atoms with E-state index in [1.165, 1.54) is 4.90 Å². The highest BCUT2D eigenvalue weighted by atomic mass is 79.9. The van der Waals surface area contributed by atoms with Gasteiger partial charge in [0.1, 0.15) is 6.33 Å². The molecule has 1 heterocycles. The largest absolute Gasteiger partial charge is 0.244 e. The number of thioether (sulfide) groups is 1. The Hall–Kier alpha value is -0.610. The number of benzene rings is 1. The Morgan fingerprint density at radius 3 is 3.00 bits per heavy atom. The second kappa shape index (κ2) is 3.64. The van der Waals surface area contributed by atoms with Crippen LogP contribution in [0.5, 0.6) is 0 Å². The van der Waals surface area contributed by atoms with Crippen molar-refractivity contribution in [2.24, 2.45) is 0 Å². The average molecular weight is 255 g/mol. The molecule has 1 aromatic heterocycles. The second-order valence-corrected chi connectivity index (χ2v) is 4.27. The molecular weight excluding hydrogens is 248 g/mol. The lowest BCUT2D eigenvalue weighted by Crippen LogP contribution is -1.82. The summed E-state index contributed by atoms with van der Waals surface area (Å²) in [4.78, 5) is 9.36. The van der Waals surface area contributed by atoms with Crippen LogP contribution in [0.2, 0.25) is 0 Å². The van der Waals surface area contributed by atoms with E-state index in [4.69, 9.17) is 0 Å². The molecule has 2 nitrogen and oxygen atoms in total. The number of aromatic nitrogens is 2. The topological polar surface area (TPSA) is 25.8 Å². The highest BCUT2D eigenvalue weighted by Gasteiger charge is 2.01. The molecule has 2 aromatic rings. The summed E-state index contributed by atoms with van der Waals surface area (Å²) in [6.07, 6.45) is 5.44. The molecule has 0 bridgehead atoms. The standard InChI is InChI=1S/C9H7BrN2S/c1-13-9-2-6-4-11-5-12-8(6)3-7(9)10/h2-5H,1H3. The van der Waals surface area contributed by atoms with Crippen LogP contribution >= 0.6 is 27.7 Å². The summed E-state index contributed by atoms with van der Waals surface area (Å²) in [5, 5.41) is 1.08. The number of hydrogen-bond donors (Lipinski definition) is 0. The third kappa shape index (κ3) is 1.69. The van der Waals surface area contributed by atoms with Gasteiger partial charge in [-0.25, -0.2) is 9.97 Å². The van der Waals surface area contributed by atoms with Gasteiger partial charge in [-0.3, -0.25) is 0 Å². The third-order valence-corrected chi connectivity index (χ3v) is 3.47. The highest BCUT2D eigenvalue weighted by molar-refractivity contribution is 9.10. The van der Waals surface area contributed by atoms with Gasteiger partial charge in [-0.05, 0) is 34.3 Å². The molecule has 0 aliphatic rings. The fourth-order valence-corrected chi connectivity index (χ4v) is 2.46. The fraction of sp³-hybridized carbons (Fsp3) is 0.111. The summed E-state index contributed by atoms with van der Waals surface area (Å²) >= 11 is 5.20. The molecule has 0 unspecified atom stereocenters. The van der Waals surface area contributed by atoms with E-state index in [-0.39, 0.29) is 0 Å². The van der Waals surface area contributed by atoms with Crippen LogP contribution < -0.4 is 0 Å². The van der Waals surface area contributed by atoms with Crippen LogP contribution in [0.4, 0.5) is 0 Å². The zero-order valence-corrected chi connectivity index (χ0v) is 9.39. The molecule has 0 atom stereocenters. The average Bonchev–Trinajstić information content (AvgIpc) is 2.17. The summed E-state index contributed by atoms with van der Waals surface area (Å²) in [6.45, 7) is 0. The molecule has 13 heavy (non-hydrogen) atoms. The Labute approximate surface area is 88.9 Å². The first-order valence-corrected chi connectivity index (χ1v) is 5.76. The summed E-state index contributed by atoms with van der Waals surface area (Å²) < 4.78 is 1.09. The van der Waals surface area contributed by atoms with Crippen molar-refractivity contribution in [3.05, 3.63) is 29.1 Å². The van der Waals surface area contributed by atoms with Gasteiger partial charge >= 0.3 is 0 Å². The number of fused-ring (bicyclic) bond motifs is 1. The molecule has 0 fully saturated rings. The van der Waals surface area contributed by atoms with Crippen molar-refractivity contribution < 1.29 is 0 Å². The van der Waals surface area contributed by atoms with Gasteiger partial charge < -0.3 is 0 Å². The summed E-state index contributed by atoms with van der Waals surface area (Å²) in [5.41, 5.74) is 0.972. The van der Waals surface area contributed by atoms with Crippen LogP contribution in [0, 0.1) is 0 Å². The Kier molecular flexibility index (Phi) is 2.51. The molecule has 0 spiro atoms. The lowest BCUT2D eigenvalue weighted by Gasteiger charge is -2.02. The monoisotopic (exact) mass is 254 g/mol. The fourth-order valence-electron chi connectivity index (χ4n) is 1.14. The van der Waals surface area contributed by atoms with Crippen LogP contribution in [0.3, 0.4) is 0 Å². The van der Waals surface area contributed by atoms with Gasteiger partial charge in [-0.1, -0.05) is 0 Å². The zero-order chi connectivity index (χ0) is 9.26. The number of halogens is 1. The first-order chi connectivity index (χ1) is 6.31. The Bertz CT molecular complexity index is 445. The lowest BCUT2D eigenvalue weighted by molar-refractivity contribution is 1.21. The minimum absolute atomic E-state index is 0.972. The van der Waals surface area contributed by atoms with E-state index in [0.29, 0.717) is 0 Å². The Balaban J connectivity index is 2.74. The van der Waals surface area contributed by atoms with Crippen molar-refractivity contribution in [1.82, 2.24) is 9.97 Å². The molecule has 0 amide bonds. The van der Waals surface area contributed by atoms with Gasteiger partial charge in [0.25, 0.3) is 0 Å². The smallest absolute Gasteiger partial charge is 0.116 e. The van der Waals surface area contributed by atoms with Gasteiger partial charge in [0.2, 0.25) is 0 Å². The lowest BCUT2D eigenvalue weighted by atomic mass is 10.2. The van der Waals surface area contributed by atoms with Crippen molar-refractivity contribution in [3.63, 3.8) is 0 Å². The van der Waals surface area contributed by atoms with Crippen LogP contribution in [-0.2, 0) is 0 Å². The van der Waals surface area contributed by atoms with Gasteiger partial charge in [0, 0.05) is 21.0 Å². The van der Waals surface area contributed by atoms with E-state index in [9.17, 15) is 0 Å². The van der Waals surface area contributed by atoms with E-state index < -0.39 is 0 Å². The molecule has 4 heteroatoms. The van der Waals surface area contributed by atoms with Crippen molar-refractivity contribution in [2.45, 2.75) is 4.90 Å². The minimum atomic E-state index is 0.972. The predicted octanol–water partition coefficient (Wildman–Crippen LogP) is 3.11. The Morgan fingerprint density at radius 2 is 2.23 bits per heavy atom. The van der Waals surface area contributed by atoms with E-state index in [1.807, 2.05) is 12.3 Å². The second-order valence-electron chi connectivity index (χ2n) is 2.57. The maximum Gasteiger partial charge on any atom is 0.116 e. The van der Waals surface area contributed by atoms with Crippen LogP contribution in [0.15, 0.2) is 34.0 Å². The van der Waals surface area contributed by atoms with Crippen molar-refractivity contribution in [2.75, 3.05) is 6.26 Å². The maximum absolute atomic E-state index is 4.17. The first kappa shape index (κ1) is 8.97. The van der Waals surface area contributed by atoms with Crippen molar-refractivity contribution in [3.8, 4) is 0 Å². The molecule has 0 saturated carbocycles.